The highest BCUT2D eigenvalue weighted by Gasteiger charge is 2.62. The topological polar surface area (TPSA) is 32.3 Å². The maximum atomic E-state index is 13.8. The minimum absolute atomic E-state index is 0.269. The molecule has 0 radical (unpaired) electrons. The Morgan fingerprint density at radius 1 is 1.26 bits per heavy atom. The van der Waals surface area contributed by atoms with Crippen LogP contribution in [-0.4, -0.2) is 16.2 Å². The summed E-state index contributed by atoms with van der Waals surface area (Å²) in [4.78, 5) is 0. The molecule has 3 rings (SSSR count). The lowest BCUT2D eigenvalue weighted by Gasteiger charge is -2.55. The lowest BCUT2D eigenvalue weighted by atomic mass is 9.60. The fourth-order valence-corrected chi connectivity index (χ4v) is 4.43. The van der Waals surface area contributed by atoms with E-state index in [0.29, 0.717) is 4.47 Å². The molecule has 0 aromatic heterocycles. The van der Waals surface area contributed by atoms with Crippen LogP contribution in [-0.2, 0) is 5.41 Å². The molecule has 0 saturated heterocycles. The van der Waals surface area contributed by atoms with E-state index < -0.39 is 11.1 Å². The lowest BCUT2D eigenvalue weighted by molar-refractivity contribution is -0.0629. The molecule has 1 saturated carbocycles. The quantitative estimate of drug-likeness (QED) is 0.755. The minimum Gasteiger partial charge on any atom is -0.387 e. The van der Waals surface area contributed by atoms with E-state index in [1.165, 1.54) is 6.07 Å². The van der Waals surface area contributed by atoms with Gasteiger partial charge in [-0.2, -0.15) is 0 Å². The Labute approximate surface area is 121 Å². The van der Waals surface area contributed by atoms with Crippen LogP contribution in [0.3, 0.4) is 0 Å². The van der Waals surface area contributed by atoms with Gasteiger partial charge in [-0.1, -0.05) is 6.92 Å². The van der Waals surface area contributed by atoms with Gasteiger partial charge in [-0.3, -0.25) is 0 Å². The van der Waals surface area contributed by atoms with Crippen molar-refractivity contribution in [1.82, 2.24) is 0 Å². The van der Waals surface area contributed by atoms with E-state index in [0.717, 1.165) is 30.5 Å². The molecule has 1 aromatic carbocycles. The van der Waals surface area contributed by atoms with Crippen LogP contribution in [0.2, 0.25) is 0 Å². The van der Waals surface area contributed by atoms with Crippen LogP contribution in [0.4, 0.5) is 10.1 Å². The second kappa shape index (κ2) is 3.73. The van der Waals surface area contributed by atoms with Gasteiger partial charge in [-0.25, -0.2) is 4.39 Å². The first-order chi connectivity index (χ1) is 8.71. The van der Waals surface area contributed by atoms with Gasteiger partial charge in [-0.05, 0) is 66.7 Å². The molecule has 2 N–H and O–H groups in total. The normalized spacial score (nSPS) is 35.5. The average Bonchev–Trinajstić information content (AvgIpc) is 2.62. The van der Waals surface area contributed by atoms with Crippen LogP contribution in [0.15, 0.2) is 16.6 Å². The van der Waals surface area contributed by atoms with Crippen molar-refractivity contribution in [3.05, 3.63) is 28.0 Å². The van der Waals surface area contributed by atoms with Crippen molar-refractivity contribution < 1.29 is 9.50 Å². The number of halogens is 2. The van der Waals surface area contributed by atoms with Crippen molar-refractivity contribution in [2.45, 2.75) is 56.6 Å². The van der Waals surface area contributed by atoms with Gasteiger partial charge < -0.3 is 10.4 Å². The Morgan fingerprint density at radius 2 is 1.95 bits per heavy atom. The van der Waals surface area contributed by atoms with E-state index in [4.69, 9.17) is 0 Å². The van der Waals surface area contributed by atoms with E-state index in [2.05, 4.69) is 28.2 Å². The van der Waals surface area contributed by atoms with Gasteiger partial charge in [0.1, 0.15) is 5.82 Å². The minimum atomic E-state index is -0.801. The largest absolute Gasteiger partial charge is 0.387 e. The smallest absolute Gasteiger partial charge is 0.139 e. The molecule has 2 atom stereocenters. The molecular weight excluding hydrogens is 309 g/mol. The zero-order valence-corrected chi connectivity index (χ0v) is 13.1. The van der Waals surface area contributed by atoms with E-state index in [1.54, 1.807) is 0 Å². The van der Waals surface area contributed by atoms with Crippen molar-refractivity contribution >= 4 is 21.6 Å². The first-order valence-electron chi connectivity index (χ1n) is 6.71. The summed E-state index contributed by atoms with van der Waals surface area (Å²) < 4.78 is 14.2. The average molecular weight is 328 g/mol. The van der Waals surface area contributed by atoms with E-state index >= 15 is 0 Å². The summed E-state index contributed by atoms with van der Waals surface area (Å²) >= 11 is 3.26. The fraction of sp³-hybridized carbons (Fsp3) is 0.600. The molecule has 1 aliphatic heterocycles. The van der Waals surface area contributed by atoms with Gasteiger partial charge in [-0.15, -0.1) is 0 Å². The molecule has 1 aliphatic carbocycles. The number of hydrogen-bond donors (Lipinski definition) is 2. The predicted octanol–water partition coefficient (Wildman–Crippen LogP) is 3.97. The Bertz CT molecular complexity index is 559. The molecule has 0 amide bonds. The Hall–Kier alpha value is -0.610. The number of nitrogens with one attached hydrogen (secondary N) is 1. The zero-order valence-electron chi connectivity index (χ0n) is 11.5. The molecule has 1 heterocycles. The molecule has 104 valence electrons. The van der Waals surface area contributed by atoms with Crippen LogP contribution in [0.1, 0.15) is 45.6 Å². The number of hydrogen-bond acceptors (Lipinski definition) is 2. The van der Waals surface area contributed by atoms with Crippen LogP contribution in [0, 0.1) is 5.82 Å². The maximum absolute atomic E-state index is 13.8. The molecule has 4 heteroatoms. The van der Waals surface area contributed by atoms with Gasteiger partial charge in [0.25, 0.3) is 0 Å². The number of benzene rings is 1. The van der Waals surface area contributed by atoms with Crippen LogP contribution in [0.25, 0.3) is 0 Å². The third-order valence-corrected chi connectivity index (χ3v) is 5.87. The highest BCUT2D eigenvalue weighted by molar-refractivity contribution is 9.10. The summed E-state index contributed by atoms with van der Waals surface area (Å²) in [7, 11) is 0. The fourth-order valence-electron chi connectivity index (χ4n) is 4.09. The molecule has 1 fully saturated rings. The number of anilines is 1. The summed E-state index contributed by atoms with van der Waals surface area (Å²) in [6.07, 6.45) is 2.70. The molecule has 1 aromatic rings. The third kappa shape index (κ3) is 1.50. The Morgan fingerprint density at radius 3 is 2.63 bits per heavy atom. The molecule has 2 aliphatic rings. The first-order valence-corrected chi connectivity index (χ1v) is 7.51. The highest BCUT2D eigenvalue weighted by atomic mass is 79.9. The molecule has 0 spiro atoms. The summed E-state index contributed by atoms with van der Waals surface area (Å²) in [5, 5.41) is 14.6. The number of fused-ring (bicyclic) bond motifs is 3. The zero-order chi connectivity index (χ0) is 14.1. The first kappa shape index (κ1) is 13.4. The van der Waals surface area contributed by atoms with E-state index in [-0.39, 0.29) is 11.2 Å². The van der Waals surface area contributed by atoms with Gasteiger partial charge in [0.15, 0.2) is 0 Å². The lowest BCUT2D eigenvalue weighted by Crippen LogP contribution is -2.65. The van der Waals surface area contributed by atoms with Crippen molar-refractivity contribution in [1.29, 1.82) is 0 Å². The summed E-state index contributed by atoms with van der Waals surface area (Å²) in [5.41, 5.74) is 0.225. The van der Waals surface area contributed by atoms with Crippen LogP contribution in [0.5, 0.6) is 0 Å². The maximum Gasteiger partial charge on any atom is 0.139 e. The molecular formula is C15H19BrFNO. The summed E-state index contributed by atoms with van der Waals surface area (Å²) in [6, 6.07) is 3.35. The molecule has 0 bridgehead atoms. The predicted molar refractivity (Wildman–Crippen MR) is 78.0 cm³/mol. The summed E-state index contributed by atoms with van der Waals surface area (Å²) in [6.45, 7) is 6.10. The van der Waals surface area contributed by atoms with E-state index in [9.17, 15) is 9.50 Å². The summed E-state index contributed by atoms with van der Waals surface area (Å²) in [5.74, 6) is -0.269. The third-order valence-electron chi connectivity index (χ3n) is 5.26. The Kier molecular flexibility index (Phi) is 2.63. The van der Waals surface area contributed by atoms with Crippen LogP contribution >= 0.6 is 15.9 Å². The van der Waals surface area contributed by atoms with Crippen LogP contribution < -0.4 is 5.32 Å². The van der Waals surface area contributed by atoms with Crippen molar-refractivity contribution in [2.24, 2.45) is 0 Å². The van der Waals surface area contributed by atoms with Crippen molar-refractivity contribution in [2.75, 3.05) is 5.32 Å². The van der Waals surface area contributed by atoms with Crippen molar-refractivity contribution in [3.8, 4) is 0 Å². The number of rotatable bonds is 0. The highest BCUT2D eigenvalue weighted by Crippen LogP contribution is 2.58. The standard InChI is InChI=1S/C15H19BrFNO/c1-13(2)15(19)6-4-5-14(15,3)9-7-10(16)11(17)8-12(9)18-13/h7-8,18-19H,4-6H2,1-3H3/t14-,15-/m1/s1. The SMILES string of the molecule is CC1(C)Nc2cc(F)c(Br)cc2[C@@]2(C)CCC[C@@]12O. The monoisotopic (exact) mass is 327 g/mol. The van der Waals surface area contributed by atoms with Crippen molar-refractivity contribution in [3.63, 3.8) is 0 Å². The van der Waals surface area contributed by atoms with Gasteiger partial charge in [0.2, 0.25) is 0 Å². The van der Waals surface area contributed by atoms with Gasteiger partial charge in [0, 0.05) is 11.1 Å². The second-order valence-corrected chi connectivity index (χ2v) is 7.46. The number of aliphatic hydroxyl groups is 1. The molecule has 0 unspecified atom stereocenters. The van der Waals surface area contributed by atoms with Gasteiger partial charge >= 0.3 is 0 Å². The molecule has 2 nitrogen and oxygen atoms in total. The second-order valence-electron chi connectivity index (χ2n) is 6.61. The Balaban J connectivity index is 2.29. The van der Waals surface area contributed by atoms with E-state index in [1.807, 2.05) is 19.9 Å². The molecule has 19 heavy (non-hydrogen) atoms. The van der Waals surface area contributed by atoms with Gasteiger partial charge in [0.05, 0.1) is 15.6 Å².